The topological polar surface area (TPSA) is 76.0 Å². The number of ketones is 1. The van der Waals surface area contributed by atoms with Crippen molar-refractivity contribution in [3.05, 3.63) is 34.6 Å². The molecular weight excluding hydrogens is 408 g/mol. The zero-order valence-electron chi connectivity index (χ0n) is 20.6. The molecule has 0 aromatic rings. The molecular formula is C25H40O5Si. The highest BCUT2D eigenvalue weighted by Gasteiger charge is 2.61. The minimum Gasteiger partial charge on any atom is -0.500 e. The molecule has 5 nitrogen and oxygen atoms in total. The monoisotopic (exact) mass is 448 g/mol. The van der Waals surface area contributed by atoms with E-state index in [2.05, 4.69) is 33.9 Å². The number of methoxy groups -OCH3 is 1. The van der Waals surface area contributed by atoms with Crippen LogP contribution in [0.15, 0.2) is 34.6 Å². The Kier molecular flexibility index (Phi) is 6.05. The third-order valence-electron chi connectivity index (χ3n) is 8.45. The van der Waals surface area contributed by atoms with E-state index in [1.165, 1.54) is 0 Å². The molecule has 3 aliphatic rings. The molecule has 2 bridgehead atoms. The van der Waals surface area contributed by atoms with E-state index in [0.29, 0.717) is 24.2 Å². The van der Waals surface area contributed by atoms with Gasteiger partial charge in [0.05, 0.1) is 19.3 Å². The summed E-state index contributed by atoms with van der Waals surface area (Å²) in [6, 6.07) is 0. The van der Waals surface area contributed by atoms with Gasteiger partial charge in [-0.3, -0.25) is 4.79 Å². The average Bonchev–Trinajstić information content (AvgIpc) is 2.66. The van der Waals surface area contributed by atoms with Gasteiger partial charge in [-0.2, -0.15) is 0 Å². The van der Waals surface area contributed by atoms with E-state index in [1.54, 1.807) is 7.11 Å². The van der Waals surface area contributed by atoms with Crippen molar-refractivity contribution in [3.63, 3.8) is 0 Å². The van der Waals surface area contributed by atoms with E-state index in [1.807, 2.05) is 32.9 Å². The van der Waals surface area contributed by atoms with Gasteiger partial charge in [0, 0.05) is 11.8 Å². The van der Waals surface area contributed by atoms with Crippen molar-refractivity contribution in [2.75, 3.05) is 7.11 Å². The highest BCUT2D eigenvalue weighted by molar-refractivity contribution is 6.74. The third-order valence-corrected chi connectivity index (χ3v) is 12.9. The minimum atomic E-state index is -2.15. The molecule has 2 N–H and O–H groups in total. The predicted octanol–water partition coefficient (Wildman–Crippen LogP) is 4.66. The maximum Gasteiger partial charge on any atom is 0.192 e. The largest absolute Gasteiger partial charge is 0.500 e. The van der Waals surface area contributed by atoms with Gasteiger partial charge in [0.15, 0.2) is 14.1 Å². The van der Waals surface area contributed by atoms with Crippen molar-refractivity contribution >= 4 is 14.1 Å². The predicted molar refractivity (Wildman–Crippen MR) is 125 cm³/mol. The molecule has 0 aromatic carbocycles. The molecule has 3 aliphatic carbocycles. The van der Waals surface area contributed by atoms with E-state index in [4.69, 9.17) is 9.16 Å². The second kappa shape index (κ2) is 7.68. The minimum absolute atomic E-state index is 0.00432. The summed E-state index contributed by atoms with van der Waals surface area (Å²) in [6.45, 7) is 16.8. The Morgan fingerprint density at radius 2 is 1.81 bits per heavy atom. The Balaban J connectivity index is 2.17. The molecule has 4 atom stereocenters. The molecule has 0 saturated heterocycles. The van der Waals surface area contributed by atoms with Crippen LogP contribution in [-0.4, -0.2) is 49.2 Å². The van der Waals surface area contributed by atoms with Crippen LogP contribution in [0.1, 0.15) is 60.8 Å². The van der Waals surface area contributed by atoms with E-state index >= 15 is 0 Å². The Morgan fingerprint density at radius 3 is 2.35 bits per heavy atom. The van der Waals surface area contributed by atoms with Gasteiger partial charge in [-0.25, -0.2) is 0 Å². The standard InChI is InChI=1S/C25H40O5Si/c1-15-17-13-18(26)16-11-10-12-19(29-7)21(16)22(27)25(28,24(17,5)6)14-20(15)30-31(8,9)23(2,3)4/h11-12,18,20-21,26,28H,10,13-14H2,1-9H3/t18-,20-,21-,25+/m0/s1. The summed E-state index contributed by atoms with van der Waals surface area (Å²) >= 11 is 0. The van der Waals surface area contributed by atoms with Crippen LogP contribution in [0.4, 0.5) is 0 Å². The number of fused-ring (bicyclic) bond motifs is 3. The average molecular weight is 449 g/mol. The van der Waals surface area contributed by atoms with E-state index in [0.717, 1.165) is 11.1 Å². The number of hydrogen-bond acceptors (Lipinski definition) is 5. The summed E-state index contributed by atoms with van der Waals surface area (Å²) in [5, 5.41) is 23.3. The number of aliphatic hydroxyl groups is 2. The van der Waals surface area contributed by atoms with Crippen molar-refractivity contribution in [1.29, 1.82) is 0 Å². The molecule has 1 saturated carbocycles. The first-order chi connectivity index (χ1) is 14.1. The molecule has 174 valence electrons. The first kappa shape index (κ1) is 24.4. The number of allylic oxidation sites excluding steroid dienone is 3. The number of Topliss-reactive ketones (excluding diaryl/α,β-unsaturated/α-hetero) is 1. The van der Waals surface area contributed by atoms with Gasteiger partial charge in [0.1, 0.15) is 17.3 Å². The normalized spacial score (nSPS) is 33.8. The van der Waals surface area contributed by atoms with E-state index in [9.17, 15) is 15.0 Å². The van der Waals surface area contributed by atoms with Gasteiger partial charge in [0.2, 0.25) is 0 Å². The maximum atomic E-state index is 14.0. The summed E-state index contributed by atoms with van der Waals surface area (Å²) in [5.74, 6) is -0.544. The van der Waals surface area contributed by atoms with Crippen LogP contribution in [-0.2, 0) is 14.0 Å². The van der Waals surface area contributed by atoms with Crippen LogP contribution in [0.2, 0.25) is 18.1 Å². The summed E-state index contributed by atoms with van der Waals surface area (Å²) in [5.41, 5.74) is 0.188. The van der Waals surface area contributed by atoms with Crippen molar-refractivity contribution < 1.29 is 24.2 Å². The fourth-order valence-electron chi connectivity index (χ4n) is 5.17. The number of aliphatic hydroxyl groups excluding tert-OH is 1. The van der Waals surface area contributed by atoms with Gasteiger partial charge in [0.25, 0.3) is 0 Å². The molecule has 0 aliphatic heterocycles. The molecule has 0 heterocycles. The molecule has 0 spiro atoms. The zero-order chi connectivity index (χ0) is 23.6. The molecule has 0 amide bonds. The summed E-state index contributed by atoms with van der Waals surface area (Å²) in [7, 11) is -0.607. The molecule has 3 rings (SSSR count). The fraction of sp³-hybridized carbons (Fsp3) is 0.720. The van der Waals surface area contributed by atoms with Crippen LogP contribution in [0, 0.1) is 11.3 Å². The molecule has 31 heavy (non-hydrogen) atoms. The van der Waals surface area contributed by atoms with Gasteiger partial charge in [-0.05, 0) is 55.1 Å². The van der Waals surface area contributed by atoms with Crippen molar-refractivity contribution in [2.24, 2.45) is 11.3 Å². The molecule has 6 heteroatoms. The van der Waals surface area contributed by atoms with Crippen molar-refractivity contribution in [2.45, 2.75) is 96.7 Å². The zero-order valence-corrected chi connectivity index (χ0v) is 21.6. The lowest BCUT2D eigenvalue weighted by molar-refractivity contribution is -0.159. The highest BCUT2D eigenvalue weighted by Crippen LogP contribution is 2.55. The molecule has 0 aromatic heterocycles. The van der Waals surface area contributed by atoms with Crippen LogP contribution in [0.3, 0.4) is 0 Å². The maximum absolute atomic E-state index is 14.0. The number of ether oxygens (including phenoxy) is 1. The summed E-state index contributed by atoms with van der Waals surface area (Å²) < 4.78 is 12.3. The second-order valence-corrected chi connectivity index (χ2v) is 16.2. The van der Waals surface area contributed by atoms with E-state index < -0.39 is 31.4 Å². The third kappa shape index (κ3) is 3.69. The SMILES string of the molecule is COC1=CCC=C2[C@@H]1C(=O)[C@]1(O)C[C@H](O[Si](C)(C)C(C)(C)C)C(C)=C(C[C@@H]2O)C1(C)C. The Hall–Kier alpha value is -1.21. The lowest BCUT2D eigenvalue weighted by Crippen LogP contribution is -2.62. The number of carbonyl (C=O) groups excluding carboxylic acids is 1. The van der Waals surface area contributed by atoms with E-state index in [-0.39, 0.29) is 23.3 Å². The smallest absolute Gasteiger partial charge is 0.192 e. The van der Waals surface area contributed by atoms with Gasteiger partial charge in [-0.1, -0.05) is 46.3 Å². The highest BCUT2D eigenvalue weighted by atomic mass is 28.4. The first-order valence-electron chi connectivity index (χ1n) is 11.3. The second-order valence-electron chi connectivity index (χ2n) is 11.5. The van der Waals surface area contributed by atoms with Crippen LogP contribution < -0.4 is 0 Å². The summed E-state index contributed by atoms with van der Waals surface area (Å²) in [4.78, 5) is 14.0. The quantitative estimate of drug-likeness (QED) is 0.485. The van der Waals surface area contributed by atoms with Crippen LogP contribution >= 0.6 is 0 Å². The van der Waals surface area contributed by atoms with Crippen molar-refractivity contribution in [3.8, 4) is 0 Å². The van der Waals surface area contributed by atoms with Gasteiger partial charge >= 0.3 is 0 Å². The van der Waals surface area contributed by atoms with Gasteiger partial charge in [-0.15, -0.1) is 0 Å². The summed E-state index contributed by atoms with van der Waals surface area (Å²) in [6.07, 6.45) is 3.83. The number of hydrogen-bond donors (Lipinski definition) is 2. The fourth-order valence-corrected chi connectivity index (χ4v) is 6.50. The molecule has 0 unspecified atom stereocenters. The number of rotatable bonds is 3. The molecule has 1 fully saturated rings. The Bertz CT molecular complexity index is 858. The Morgan fingerprint density at radius 1 is 1.19 bits per heavy atom. The first-order valence-corrected chi connectivity index (χ1v) is 14.3. The van der Waals surface area contributed by atoms with Gasteiger partial charge < -0.3 is 19.4 Å². The van der Waals surface area contributed by atoms with Crippen LogP contribution in [0.25, 0.3) is 0 Å². The number of carbonyl (C=O) groups is 1. The lowest BCUT2D eigenvalue weighted by atomic mass is 9.55. The van der Waals surface area contributed by atoms with Crippen molar-refractivity contribution in [1.82, 2.24) is 0 Å². The van der Waals surface area contributed by atoms with Crippen LogP contribution in [0.5, 0.6) is 0 Å². The molecule has 0 radical (unpaired) electrons. The Labute approximate surface area is 188 Å². The lowest BCUT2D eigenvalue weighted by Gasteiger charge is -2.54.